The fourth-order valence-electron chi connectivity index (χ4n) is 1.42. The van der Waals surface area contributed by atoms with E-state index >= 15 is 0 Å². The third kappa shape index (κ3) is 3.72. The summed E-state index contributed by atoms with van der Waals surface area (Å²) >= 11 is 0. The Bertz CT molecular complexity index is 347. The van der Waals surface area contributed by atoms with Crippen molar-refractivity contribution in [2.45, 2.75) is 26.8 Å². The molecule has 0 radical (unpaired) electrons. The first-order chi connectivity index (χ1) is 7.11. The molecule has 0 saturated heterocycles. The Morgan fingerprint density at radius 1 is 1.40 bits per heavy atom. The van der Waals surface area contributed by atoms with Gasteiger partial charge in [0, 0.05) is 13.1 Å². The lowest BCUT2D eigenvalue weighted by atomic mass is 10.0. The lowest BCUT2D eigenvalue weighted by Gasteiger charge is -2.08. The first-order valence-corrected chi connectivity index (χ1v) is 5.09. The minimum atomic E-state index is -0.761. The van der Waals surface area contributed by atoms with Crippen molar-refractivity contribution in [2.75, 3.05) is 6.54 Å². The van der Waals surface area contributed by atoms with Crippen LogP contribution in [0.2, 0.25) is 0 Å². The van der Waals surface area contributed by atoms with Gasteiger partial charge in [0.2, 0.25) is 0 Å². The molecule has 0 saturated carbocycles. The molecule has 0 aliphatic carbocycles. The Morgan fingerprint density at radius 2 is 2.13 bits per heavy atom. The van der Waals surface area contributed by atoms with Crippen LogP contribution in [-0.4, -0.2) is 17.6 Å². The molecule has 0 amide bonds. The van der Waals surface area contributed by atoms with Gasteiger partial charge >= 0.3 is 5.97 Å². The number of nitrogens with one attached hydrogen (secondary N) is 1. The van der Waals surface area contributed by atoms with Gasteiger partial charge in [0.1, 0.15) is 0 Å². The Labute approximate surface area is 90.1 Å². The largest absolute Gasteiger partial charge is 0.481 e. The standard InChI is InChI=1S/C12H17NO2/c1-9-4-3-5-11(10(9)2)8-13-7-6-12(14)15/h3-5,13H,6-8H2,1-2H3,(H,14,15). The van der Waals surface area contributed by atoms with E-state index in [0.29, 0.717) is 6.54 Å². The summed E-state index contributed by atoms with van der Waals surface area (Å²) in [7, 11) is 0. The number of aryl methyl sites for hydroxylation is 1. The van der Waals surface area contributed by atoms with Crippen LogP contribution in [0.25, 0.3) is 0 Å². The van der Waals surface area contributed by atoms with Gasteiger partial charge in [-0.1, -0.05) is 18.2 Å². The number of carbonyl (C=O) groups is 1. The molecule has 82 valence electrons. The zero-order valence-electron chi connectivity index (χ0n) is 9.21. The van der Waals surface area contributed by atoms with Crippen molar-refractivity contribution in [3.63, 3.8) is 0 Å². The predicted molar refractivity (Wildman–Crippen MR) is 59.9 cm³/mol. The van der Waals surface area contributed by atoms with Crippen LogP contribution in [0, 0.1) is 13.8 Å². The highest BCUT2D eigenvalue weighted by Crippen LogP contribution is 2.11. The molecule has 0 spiro atoms. The van der Waals surface area contributed by atoms with Crippen LogP contribution in [0.5, 0.6) is 0 Å². The average molecular weight is 207 g/mol. The van der Waals surface area contributed by atoms with Crippen molar-refractivity contribution in [1.82, 2.24) is 5.32 Å². The first-order valence-electron chi connectivity index (χ1n) is 5.09. The third-order valence-electron chi connectivity index (χ3n) is 2.55. The lowest BCUT2D eigenvalue weighted by molar-refractivity contribution is -0.136. The minimum absolute atomic E-state index is 0.171. The molecule has 0 fully saturated rings. The van der Waals surface area contributed by atoms with Crippen LogP contribution >= 0.6 is 0 Å². The smallest absolute Gasteiger partial charge is 0.304 e. The van der Waals surface area contributed by atoms with Crippen molar-refractivity contribution in [1.29, 1.82) is 0 Å². The summed E-state index contributed by atoms with van der Waals surface area (Å²) in [6, 6.07) is 6.17. The molecule has 3 nitrogen and oxygen atoms in total. The summed E-state index contributed by atoms with van der Waals surface area (Å²) in [5, 5.41) is 11.6. The van der Waals surface area contributed by atoms with Gasteiger partial charge in [0.25, 0.3) is 0 Å². The number of benzene rings is 1. The van der Waals surface area contributed by atoms with Crippen molar-refractivity contribution in [3.8, 4) is 0 Å². The van der Waals surface area contributed by atoms with Crippen LogP contribution in [0.1, 0.15) is 23.1 Å². The molecule has 1 aromatic carbocycles. The Hall–Kier alpha value is -1.35. The minimum Gasteiger partial charge on any atom is -0.481 e. The zero-order chi connectivity index (χ0) is 11.3. The fourth-order valence-corrected chi connectivity index (χ4v) is 1.42. The summed E-state index contributed by atoms with van der Waals surface area (Å²) in [6.07, 6.45) is 0.171. The van der Waals surface area contributed by atoms with Crippen molar-refractivity contribution in [3.05, 3.63) is 34.9 Å². The van der Waals surface area contributed by atoms with Crippen LogP contribution in [-0.2, 0) is 11.3 Å². The molecule has 0 bridgehead atoms. The van der Waals surface area contributed by atoms with E-state index in [-0.39, 0.29) is 6.42 Å². The van der Waals surface area contributed by atoms with Crippen molar-refractivity contribution >= 4 is 5.97 Å². The maximum atomic E-state index is 10.3. The third-order valence-corrected chi connectivity index (χ3v) is 2.55. The molecule has 1 rings (SSSR count). The van der Waals surface area contributed by atoms with Crippen molar-refractivity contribution in [2.24, 2.45) is 0 Å². The van der Waals surface area contributed by atoms with E-state index in [9.17, 15) is 4.79 Å². The van der Waals surface area contributed by atoms with Gasteiger partial charge in [-0.25, -0.2) is 0 Å². The molecule has 0 aliphatic rings. The molecule has 3 heteroatoms. The molecule has 0 aromatic heterocycles. The number of rotatable bonds is 5. The topological polar surface area (TPSA) is 49.3 Å². The van der Waals surface area contributed by atoms with E-state index in [1.165, 1.54) is 16.7 Å². The number of aliphatic carboxylic acids is 1. The quantitative estimate of drug-likeness (QED) is 0.725. The van der Waals surface area contributed by atoms with E-state index in [2.05, 4.69) is 31.3 Å². The molecule has 1 aromatic rings. The second-order valence-electron chi connectivity index (χ2n) is 3.68. The Morgan fingerprint density at radius 3 is 2.80 bits per heavy atom. The van der Waals surface area contributed by atoms with Crippen LogP contribution < -0.4 is 5.32 Å². The molecule has 15 heavy (non-hydrogen) atoms. The number of hydrogen-bond donors (Lipinski definition) is 2. The number of carboxylic acid groups (broad SMARTS) is 1. The summed E-state index contributed by atoms with van der Waals surface area (Å²) in [5.74, 6) is -0.761. The van der Waals surface area contributed by atoms with Gasteiger partial charge in [-0.3, -0.25) is 4.79 Å². The highest BCUT2D eigenvalue weighted by atomic mass is 16.4. The highest BCUT2D eigenvalue weighted by Gasteiger charge is 2.00. The van der Waals surface area contributed by atoms with Gasteiger partial charge in [0.15, 0.2) is 0 Å². The second-order valence-corrected chi connectivity index (χ2v) is 3.68. The van der Waals surface area contributed by atoms with E-state index in [1.807, 2.05) is 6.07 Å². The monoisotopic (exact) mass is 207 g/mol. The van der Waals surface area contributed by atoms with E-state index in [4.69, 9.17) is 5.11 Å². The van der Waals surface area contributed by atoms with E-state index < -0.39 is 5.97 Å². The lowest BCUT2D eigenvalue weighted by Crippen LogP contribution is -2.18. The summed E-state index contributed by atoms with van der Waals surface area (Å²) < 4.78 is 0. The average Bonchev–Trinajstić information content (AvgIpc) is 2.18. The maximum Gasteiger partial charge on any atom is 0.304 e. The molecule has 0 heterocycles. The molecular formula is C12H17NO2. The predicted octanol–water partition coefficient (Wildman–Crippen LogP) is 1.87. The van der Waals surface area contributed by atoms with Crippen LogP contribution in [0.15, 0.2) is 18.2 Å². The summed E-state index contributed by atoms with van der Waals surface area (Å²) in [5.41, 5.74) is 3.79. The molecule has 0 aliphatic heterocycles. The second kappa shape index (κ2) is 5.51. The molecule has 2 N–H and O–H groups in total. The first kappa shape index (κ1) is 11.7. The number of carboxylic acids is 1. The SMILES string of the molecule is Cc1cccc(CNCCC(=O)O)c1C. The van der Waals surface area contributed by atoms with E-state index in [0.717, 1.165) is 6.54 Å². The normalized spacial score (nSPS) is 10.3. The highest BCUT2D eigenvalue weighted by molar-refractivity contribution is 5.66. The summed E-state index contributed by atoms with van der Waals surface area (Å²) in [4.78, 5) is 10.3. The zero-order valence-corrected chi connectivity index (χ0v) is 9.21. The maximum absolute atomic E-state index is 10.3. The van der Waals surface area contributed by atoms with Gasteiger partial charge < -0.3 is 10.4 Å². The van der Waals surface area contributed by atoms with Gasteiger partial charge in [-0.2, -0.15) is 0 Å². The molecular weight excluding hydrogens is 190 g/mol. The Balaban J connectivity index is 2.44. The molecule has 0 atom stereocenters. The Kier molecular flexibility index (Phi) is 4.31. The van der Waals surface area contributed by atoms with Crippen LogP contribution in [0.4, 0.5) is 0 Å². The molecule has 0 unspecified atom stereocenters. The van der Waals surface area contributed by atoms with Gasteiger partial charge in [-0.05, 0) is 30.5 Å². The van der Waals surface area contributed by atoms with E-state index in [1.54, 1.807) is 0 Å². The van der Waals surface area contributed by atoms with Gasteiger partial charge in [-0.15, -0.1) is 0 Å². The fraction of sp³-hybridized carbons (Fsp3) is 0.417. The van der Waals surface area contributed by atoms with Crippen molar-refractivity contribution < 1.29 is 9.90 Å². The summed E-state index contributed by atoms with van der Waals surface area (Å²) in [6.45, 7) is 5.42. The van der Waals surface area contributed by atoms with Crippen LogP contribution in [0.3, 0.4) is 0 Å². The number of hydrogen-bond acceptors (Lipinski definition) is 2. The van der Waals surface area contributed by atoms with Gasteiger partial charge in [0.05, 0.1) is 6.42 Å².